The van der Waals surface area contributed by atoms with E-state index in [-0.39, 0.29) is 17.9 Å². The number of carbonyl (C=O) groups is 2. The van der Waals surface area contributed by atoms with Crippen LogP contribution in [0.4, 0.5) is 0 Å². The Labute approximate surface area is 189 Å². The highest BCUT2D eigenvalue weighted by Crippen LogP contribution is 2.41. The van der Waals surface area contributed by atoms with E-state index in [1.165, 1.54) is 16.2 Å². The van der Waals surface area contributed by atoms with Gasteiger partial charge in [-0.15, -0.1) is 11.3 Å². The number of thiophene rings is 1. The van der Waals surface area contributed by atoms with Crippen LogP contribution >= 0.6 is 22.9 Å². The Morgan fingerprint density at radius 3 is 2.58 bits per heavy atom. The zero-order valence-electron chi connectivity index (χ0n) is 16.7. The molecule has 1 aliphatic rings. The predicted octanol–water partition coefficient (Wildman–Crippen LogP) is 5.42. The molecule has 1 unspecified atom stereocenters. The zero-order chi connectivity index (χ0) is 22.0. The van der Waals surface area contributed by atoms with Crippen molar-refractivity contribution in [3.8, 4) is 5.75 Å². The van der Waals surface area contributed by atoms with Crippen LogP contribution in [0.1, 0.15) is 29.0 Å². The fourth-order valence-corrected chi connectivity index (χ4v) is 4.49. The second-order valence-corrected chi connectivity index (χ2v) is 8.49. The maximum atomic E-state index is 13.1. The number of amides is 1. The molecule has 0 radical (unpaired) electrons. The van der Waals surface area contributed by atoms with Crippen LogP contribution in [0, 0.1) is 0 Å². The summed E-state index contributed by atoms with van der Waals surface area (Å²) in [6.07, 6.45) is 0. The van der Waals surface area contributed by atoms with Crippen LogP contribution in [0.25, 0.3) is 5.76 Å². The number of hydrogen-bond acceptors (Lipinski definition) is 5. The van der Waals surface area contributed by atoms with E-state index in [0.29, 0.717) is 28.5 Å². The topological polar surface area (TPSA) is 66.8 Å². The van der Waals surface area contributed by atoms with Crippen molar-refractivity contribution in [2.75, 3.05) is 6.61 Å². The van der Waals surface area contributed by atoms with Crippen LogP contribution in [0.2, 0.25) is 5.02 Å². The second kappa shape index (κ2) is 8.96. The van der Waals surface area contributed by atoms with Gasteiger partial charge in [-0.05, 0) is 48.2 Å². The van der Waals surface area contributed by atoms with E-state index in [2.05, 4.69) is 0 Å². The minimum atomic E-state index is -0.727. The molecule has 1 fully saturated rings. The molecule has 0 aliphatic carbocycles. The van der Waals surface area contributed by atoms with Crippen molar-refractivity contribution in [1.29, 1.82) is 0 Å². The highest BCUT2D eigenvalue weighted by molar-refractivity contribution is 7.09. The van der Waals surface area contributed by atoms with Crippen LogP contribution in [-0.2, 0) is 16.1 Å². The monoisotopic (exact) mass is 453 g/mol. The first-order chi connectivity index (χ1) is 15.0. The van der Waals surface area contributed by atoms with Gasteiger partial charge < -0.3 is 14.7 Å². The van der Waals surface area contributed by atoms with Crippen molar-refractivity contribution < 1.29 is 19.4 Å². The van der Waals surface area contributed by atoms with Gasteiger partial charge >= 0.3 is 0 Å². The second-order valence-electron chi connectivity index (χ2n) is 7.02. The third-order valence-corrected chi connectivity index (χ3v) is 6.16. The first kappa shape index (κ1) is 21.2. The fraction of sp³-hybridized carbons (Fsp3) is 0.167. The quantitative estimate of drug-likeness (QED) is 0.307. The molecule has 1 aliphatic heterocycles. The molecule has 3 aromatic rings. The van der Waals surface area contributed by atoms with Gasteiger partial charge in [0.25, 0.3) is 11.7 Å². The van der Waals surface area contributed by atoms with Gasteiger partial charge in [0.05, 0.1) is 24.8 Å². The van der Waals surface area contributed by atoms with Crippen LogP contribution < -0.4 is 4.74 Å². The van der Waals surface area contributed by atoms with Gasteiger partial charge in [-0.1, -0.05) is 41.9 Å². The fourth-order valence-electron chi connectivity index (χ4n) is 3.66. The number of aliphatic hydroxyl groups is 1. The number of hydrogen-bond donors (Lipinski definition) is 1. The Kier molecular flexibility index (Phi) is 6.11. The van der Waals surface area contributed by atoms with Crippen molar-refractivity contribution >= 4 is 40.4 Å². The van der Waals surface area contributed by atoms with Crippen molar-refractivity contribution in [3.05, 3.63) is 92.6 Å². The first-order valence-corrected chi connectivity index (χ1v) is 11.0. The maximum absolute atomic E-state index is 13.1. The summed E-state index contributed by atoms with van der Waals surface area (Å²) in [7, 11) is 0. The van der Waals surface area contributed by atoms with Crippen LogP contribution in [0.5, 0.6) is 5.75 Å². The lowest BCUT2D eigenvalue weighted by Gasteiger charge is -2.25. The smallest absolute Gasteiger partial charge is 0.295 e. The molecule has 0 saturated carbocycles. The Morgan fingerprint density at radius 1 is 1.13 bits per heavy atom. The molecule has 31 heavy (non-hydrogen) atoms. The van der Waals surface area contributed by atoms with Crippen molar-refractivity contribution in [1.82, 2.24) is 4.90 Å². The van der Waals surface area contributed by atoms with E-state index < -0.39 is 17.7 Å². The third-order valence-electron chi connectivity index (χ3n) is 5.05. The molecular weight excluding hydrogens is 434 g/mol. The number of ether oxygens (including phenoxy) is 1. The predicted molar refractivity (Wildman–Crippen MR) is 121 cm³/mol. The molecule has 1 N–H and O–H groups in total. The van der Waals surface area contributed by atoms with Gasteiger partial charge in [0, 0.05) is 15.5 Å². The van der Waals surface area contributed by atoms with Crippen LogP contribution in [0.15, 0.2) is 71.6 Å². The number of rotatable bonds is 6. The van der Waals surface area contributed by atoms with Crippen molar-refractivity contribution in [3.63, 3.8) is 0 Å². The molecule has 1 aromatic heterocycles. The molecule has 0 bridgehead atoms. The number of benzene rings is 2. The lowest BCUT2D eigenvalue weighted by atomic mass is 9.95. The highest BCUT2D eigenvalue weighted by atomic mass is 35.5. The zero-order valence-corrected chi connectivity index (χ0v) is 18.3. The summed E-state index contributed by atoms with van der Waals surface area (Å²) < 4.78 is 5.51. The Morgan fingerprint density at radius 2 is 1.90 bits per heavy atom. The van der Waals surface area contributed by atoms with Gasteiger partial charge in [0.1, 0.15) is 11.5 Å². The van der Waals surface area contributed by atoms with E-state index >= 15 is 0 Å². The molecule has 4 rings (SSSR count). The van der Waals surface area contributed by atoms with E-state index in [1.54, 1.807) is 48.5 Å². The summed E-state index contributed by atoms with van der Waals surface area (Å²) in [4.78, 5) is 28.5. The number of ketones is 1. The number of aliphatic hydroxyl groups excluding tert-OH is 1. The molecule has 7 heteroatoms. The molecular formula is C24H20ClNO4S. The summed E-state index contributed by atoms with van der Waals surface area (Å²) in [6, 6.07) is 16.9. The molecule has 1 amide bonds. The minimum absolute atomic E-state index is 0.0533. The molecule has 0 spiro atoms. The van der Waals surface area contributed by atoms with E-state index in [4.69, 9.17) is 16.3 Å². The Hall–Kier alpha value is -3.09. The molecule has 5 nitrogen and oxygen atoms in total. The Balaban J connectivity index is 1.84. The molecule has 158 valence electrons. The third kappa shape index (κ3) is 4.22. The average molecular weight is 454 g/mol. The lowest BCUT2D eigenvalue weighted by molar-refractivity contribution is -0.140. The highest BCUT2D eigenvalue weighted by Gasteiger charge is 2.46. The summed E-state index contributed by atoms with van der Waals surface area (Å²) in [5.41, 5.74) is 1.17. The van der Waals surface area contributed by atoms with Gasteiger partial charge in [-0.2, -0.15) is 0 Å². The van der Waals surface area contributed by atoms with Gasteiger partial charge in [-0.25, -0.2) is 0 Å². The molecule has 2 aromatic carbocycles. The average Bonchev–Trinajstić information content (AvgIpc) is 3.37. The van der Waals surface area contributed by atoms with Crippen molar-refractivity contribution in [2.24, 2.45) is 0 Å². The van der Waals surface area contributed by atoms with E-state index in [9.17, 15) is 14.7 Å². The van der Waals surface area contributed by atoms with Gasteiger partial charge in [0.2, 0.25) is 0 Å². The number of halogens is 1. The summed E-state index contributed by atoms with van der Waals surface area (Å²) in [5.74, 6) is -1.01. The molecule has 1 atom stereocenters. The lowest BCUT2D eigenvalue weighted by Crippen LogP contribution is -2.28. The van der Waals surface area contributed by atoms with Crippen LogP contribution in [-0.4, -0.2) is 28.3 Å². The maximum Gasteiger partial charge on any atom is 0.295 e. The SMILES string of the molecule is CCOc1cccc(/C(O)=C2/C(=O)C(=O)N(Cc3cccs3)C2c2ccc(Cl)cc2)c1. The van der Waals surface area contributed by atoms with Gasteiger partial charge in [-0.3, -0.25) is 9.59 Å². The normalized spacial score (nSPS) is 17.9. The first-order valence-electron chi connectivity index (χ1n) is 9.79. The number of carbonyl (C=O) groups excluding carboxylic acids is 2. The Bertz CT molecular complexity index is 1140. The summed E-state index contributed by atoms with van der Waals surface area (Å²) in [5, 5.41) is 13.6. The van der Waals surface area contributed by atoms with E-state index in [1.807, 2.05) is 24.4 Å². The number of nitrogens with zero attached hydrogens (tertiary/aromatic N) is 1. The summed E-state index contributed by atoms with van der Waals surface area (Å²) in [6.45, 7) is 2.61. The minimum Gasteiger partial charge on any atom is -0.507 e. The summed E-state index contributed by atoms with van der Waals surface area (Å²) >= 11 is 7.55. The number of likely N-dealkylation sites (tertiary alicyclic amines) is 1. The molecule has 1 saturated heterocycles. The van der Waals surface area contributed by atoms with E-state index in [0.717, 1.165) is 4.88 Å². The van der Waals surface area contributed by atoms with Crippen molar-refractivity contribution in [2.45, 2.75) is 19.5 Å². The van der Waals surface area contributed by atoms with Gasteiger partial charge in [0.15, 0.2) is 0 Å². The molecule has 2 heterocycles. The van der Waals surface area contributed by atoms with Crippen LogP contribution in [0.3, 0.4) is 0 Å². The number of Topliss-reactive ketones (excluding diaryl/α,β-unsaturated/α-hetero) is 1. The largest absolute Gasteiger partial charge is 0.507 e. The standard InChI is InChI=1S/C24H20ClNO4S/c1-2-30-18-6-3-5-16(13-18)22(27)20-21(15-8-10-17(25)11-9-15)26(24(29)23(20)28)14-19-7-4-12-31-19/h3-13,21,27H,2,14H2,1H3/b22-20-.